The third-order valence-corrected chi connectivity index (χ3v) is 5.42. The number of carbonyl (C=O) groups is 1. The molecule has 1 amide bonds. The first-order valence-electron chi connectivity index (χ1n) is 8.90. The number of carbonyl (C=O) groups excluding carboxylic acids is 1. The van der Waals surface area contributed by atoms with E-state index in [1.54, 1.807) is 13.1 Å². The summed E-state index contributed by atoms with van der Waals surface area (Å²) in [4.78, 5) is 19.2. The van der Waals surface area contributed by atoms with E-state index in [9.17, 15) is 4.79 Å². The predicted octanol–water partition coefficient (Wildman–Crippen LogP) is 3.53. The summed E-state index contributed by atoms with van der Waals surface area (Å²) in [7, 11) is 1.64. The first-order chi connectivity index (χ1) is 13.1. The molecule has 28 heavy (non-hydrogen) atoms. The molecule has 2 aliphatic heterocycles. The molecule has 0 aromatic heterocycles. The number of aliphatic imine (C=N–C) groups is 1. The summed E-state index contributed by atoms with van der Waals surface area (Å²) < 4.78 is 6.15. The van der Waals surface area contributed by atoms with Crippen molar-refractivity contribution in [2.24, 2.45) is 10.7 Å². The molecule has 6 heteroatoms. The molecule has 4 rings (SSSR count). The summed E-state index contributed by atoms with van der Waals surface area (Å²) in [6.45, 7) is 3.89. The number of benzene rings is 2. The van der Waals surface area contributed by atoms with Gasteiger partial charge in [0.25, 0.3) is 5.91 Å². The smallest absolute Gasteiger partial charge is 0.261 e. The minimum Gasteiger partial charge on any atom is -0.487 e. The van der Waals surface area contributed by atoms with Crippen molar-refractivity contribution < 1.29 is 9.53 Å². The van der Waals surface area contributed by atoms with E-state index in [0.29, 0.717) is 28.3 Å². The van der Waals surface area contributed by atoms with E-state index >= 15 is 0 Å². The Balaban J connectivity index is 1.93. The van der Waals surface area contributed by atoms with Crippen LogP contribution in [0, 0.1) is 12.3 Å². The number of likely N-dealkylation sites (N-methyl/N-ethyl adjacent to an activating group) is 1. The van der Waals surface area contributed by atoms with Crippen LogP contribution in [-0.4, -0.2) is 29.4 Å². The van der Waals surface area contributed by atoms with Crippen LogP contribution >= 0.6 is 11.6 Å². The monoisotopic (exact) mass is 393 g/mol. The summed E-state index contributed by atoms with van der Waals surface area (Å²) in [5.41, 5.74) is 7.46. The van der Waals surface area contributed by atoms with Crippen LogP contribution in [0.15, 0.2) is 41.4 Å². The van der Waals surface area contributed by atoms with Crippen LogP contribution < -0.4 is 10.5 Å². The largest absolute Gasteiger partial charge is 0.487 e. The molecule has 142 valence electrons. The number of halogens is 1. The van der Waals surface area contributed by atoms with Crippen LogP contribution in [0.3, 0.4) is 0 Å². The maximum Gasteiger partial charge on any atom is 0.261 e. The average molecular weight is 394 g/mol. The number of guanidine groups is 1. The zero-order chi connectivity index (χ0) is 20.3. The zero-order valence-corrected chi connectivity index (χ0v) is 16.7. The number of fused-ring (bicyclic) bond motifs is 2. The van der Waals surface area contributed by atoms with Crippen molar-refractivity contribution in [1.82, 2.24) is 4.90 Å². The average Bonchev–Trinajstić information content (AvgIpc) is 2.84. The minimum atomic E-state index is -1.10. The molecule has 0 saturated heterocycles. The highest BCUT2D eigenvalue weighted by atomic mass is 35.5. The van der Waals surface area contributed by atoms with Gasteiger partial charge in [0.2, 0.25) is 0 Å². The number of hydrogen-bond acceptors (Lipinski definition) is 4. The molecular weight excluding hydrogens is 374 g/mol. The maximum atomic E-state index is 13.2. The molecule has 2 aromatic carbocycles. The molecule has 2 N–H and O–H groups in total. The van der Waals surface area contributed by atoms with E-state index in [2.05, 4.69) is 10.9 Å². The van der Waals surface area contributed by atoms with E-state index in [-0.39, 0.29) is 11.9 Å². The molecule has 2 aliphatic rings. The quantitative estimate of drug-likeness (QED) is 0.753. The van der Waals surface area contributed by atoms with Crippen molar-refractivity contribution in [1.29, 1.82) is 0 Å². The molecule has 0 aliphatic carbocycles. The summed E-state index contributed by atoms with van der Waals surface area (Å²) in [5, 5.41) is 0.550. The molecule has 0 bridgehead atoms. The molecule has 2 heterocycles. The number of rotatable bonds is 1. The Morgan fingerprint density at radius 1 is 1.25 bits per heavy atom. The lowest BCUT2D eigenvalue weighted by Crippen LogP contribution is -2.49. The van der Waals surface area contributed by atoms with Crippen LogP contribution in [0.1, 0.15) is 31.4 Å². The van der Waals surface area contributed by atoms with Crippen molar-refractivity contribution in [3.63, 3.8) is 0 Å². The summed E-state index contributed by atoms with van der Waals surface area (Å²) in [5.74, 6) is 3.28. The Hall–Kier alpha value is -2.97. The fourth-order valence-corrected chi connectivity index (χ4v) is 4.23. The van der Waals surface area contributed by atoms with Crippen LogP contribution in [0.5, 0.6) is 5.75 Å². The third-order valence-electron chi connectivity index (χ3n) is 5.20. The normalized spacial score (nSPS) is 22.5. The molecule has 0 saturated carbocycles. The van der Waals surface area contributed by atoms with Gasteiger partial charge in [0.1, 0.15) is 11.4 Å². The number of hydrogen-bond donors (Lipinski definition) is 1. The van der Waals surface area contributed by atoms with Gasteiger partial charge in [-0.25, -0.2) is 4.99 Å². The van der Waals surface area contributed by atoms with Gasteiger partial charge >= 0.3 is 0 Å². The lowest BCUT2D eigenvalue weighted by Gasteiger charge is -2.41. The van der Waals surface area contributed by atoms with Gasteiger partial charge in [-0.1, -0.05) is 23.6 Å². The highest BCUT2D eigenvalue weighted by Crippen LogP contribution is 2.49. The molecule has 5 nitrogen and oxygen atoms in total. The van der Waals surface area contributed by atoms with Crippen LogP contribution in [0.2, 0.25) is 5.02 Å². The Kier molecular flexibility index (Phi) is 3.95. The molecule has 1 atom stereocenters. The molecule has 2 aromatic rings. The van der Waals surface area contributed by atoms with Crippen LogP contribution in [-0.2, 0) is 10.3 Å². The van der Waals surface area contributed by atoms with Gasteiger partial charge in [0.05, 0.1) is 0 Å². The molecule has 1 spiro atoms. The number of ether oxygens (including phenoxy) is 1. The van der Waals surface area contributed by atoms with Crippen molar-refractivity contribution in [3.05, 3.63) is 52.5 Å². The second-order valence-corrected chi connectivity index (χ2v) is 8.25. The fraction of sp³-hybridized carbons (Fsp3) is 0.273. The number of nitrogens with two attached hydrogens (primary N) is 1. The van der Waals surface area contributed by atoms with Gasteiger partial charge in [-0.15, -0.1) is 6.42 Å². The predicted molar refractivity (Wildman–Crippen MR) is 110 cm³/mol. The van der Waals surface area contributed by atoms with Crippen molar-refractivity contribution in [2.75, 3.05) is 7.05 Å². The topological polar surface area (TPSA) is 67.9 Å². The Bertz CT molecular complexity index is 1080. The van der Waals surface area contributed by atoms with E-state index < -0.39 is 11.1 Å². The first-order valence-corrected chi connectivity index (χ1v) is 9.28. The summed E-state index contributed by atoms with van der Waals surface area (Å²) >= 11 is 6.22. The standard InChI is InChI=1S/C22H20ClN3O2/c1-5-13-8-15(10-16(23)9-13)14-6-7-18-17(11-14)22(12-21(2,3)28-18)19(27)26(4)20(24)25-22/h1,6-11H,12H2,2-4H3,(H2,24,25). The van der Waals surface area contributed by atoms with Crippen molar-refractivity contribution in [3.8, 4) is 29.2 Å². The number of amides is 1. The third kappa shape index (κ3) is 2.73. The van der Waals surface area contributed by atoms with Gasteiger partial charge in [-0.05, 0) is 55.3 Å². The fourth-order valence-electron chi connectivity index (χ4n) is 4.00. The lowest BCUT2D eigenvalue weighted by molar-refractivity contribution is -0.133. The van der Waals surface area contributed by atoms with E-state index in [4.69, 9.17) is 28.5 Å². The molecule has 0 radical (unpaired) electrons. The van der Waals surface area contributed by atoms with Gasteiger partial charge in [-0.3, -0.25) is 9.69 Å². The maximum absolute atomic E-state index is 13.2. The van der Waals surface area contributed by atoms with Gasteiger partial charge in [0.15, 0.2) is 11.5 Å². The highest BCUT2D eigenvalue weighted by molar-refractivity contribution is 6.31. The SMILES string of the molecule is C#Cc1cc(Cl)cc(-c2ccc3c(c2)C2(CC(C)(C)O3)N=C(N)N(C)C2=O)c1. The highest BCUT2D eigenvalue weighted by Gasteiger charge is 2.55. The lowest BCUT2D eigenvalue weighted by atomic mass is 9.77. The number of nitrogens with zero attached hydrogens (tertiary/aromatic N) is 2. The van der Waals surface area contributed by atoms with E-state index in [0.717, 1.165) is 11.1 Å². The van der Waals surface area contributed by atoms with Gasteiger partial charge < -0.3 is 10.5 Å². The Morgan fingerprint density at radius 2 is 2.00 bits per heavy atom. The second kappa shape index (κ2) is 6.02. The van der Waals surface area contributed by atoms with Crippen LogP contribution in [0.25, 0.3) is 11.1 Å². The number of terminal acetylenes is 1. The van der Waals surface area contributed by atoms with Crippen molar-refractivity contribution >= 4 is 23.5 Å². The van der Waals surface area contributed by atoms with E-state index in [1.165, 1.54) is 4.90 Å². The second-order valence-electron chi connectivity index (χ2n) is 7.82. The summed E-state index contributed by atoms with van der Waals surface area (Å²) in [6.07, 6.45) is 5.93. The molecule has 1 unspecified atom stereocenters. The van der Waals surface area contributed by atoms with E-state index in [1.807, 2.05) is 44.2 Å². The zero-order valence-electron chi connectivity index (χ0n) is 15.9. The minimum absolute atomic E-state index is 0.157. The Labute approximate surface area is 169 Å². The van der Waals surface area contributed by atoms with Gasteiger partial charge in [0, 0.05) is 29.6 Å². The van der Waals surface area contributed by atoms with Crippen LogP contribution in [0.4, 0.5) is 0 Å². The molecular formula is C22H20ClN3O2. The Morgan fingerprint density at radius 3 is 2.64 bits per heavy atom. The molecule has 0 fully saturated rings. The van der Waals surface area contributed by atoms with Gasteiger partial charge in [-0.2, -0.15) is 0 Å². The summed E-state index contributed by atoms with van der Waals surface area (Å²) in [6, 6.07) is 11.2. The first kappa shape index (κ1) is 18.4. The van der Waals surface area contributed by atoms with Crippen molar-refractivity contribution in [2.45, 2.75) is 31.4 Å².